The molecule has 5 nitrogen and oxygen atoms in total. The molecule has 0 saturated carbocycles. The summed E-state index contributed by atoms with van der Waals surface area (Å²) < 4.78 is 27.2. The van der Waals surface area contributed by atoms with E-state index in [1.54, 1.807) is 30.8 Å². The van der Waals surface area contributed by atoms with Crippen LogP contribution in [0.25, 0.3) is 6.08 Å². The number of nitrogens with one attached hydrogen (secondary N) is 1. The fraction of sp³-hybridized carbons (Fsp3) is 0.357. The van der Waals surface area contributed by atoms with E-state index in [4.69, 9.17) is 5.11 Å². The van der Waals surface area contributed by atoms with E-state index in [-0.39, 0.29) is 10.1 Å². The zero-order valence-corrected chi connectivity index (χ0v) is 13.8. The number of aliphatic carboxylic acids is 1. The zero-order valence-electron chi connectivity index (χ0n) is 12.2. The molecule has 7 heteroatoms. The van der Waals surface area contributed by atoms with Crippen molar-refractivity contribution in [3.05, 3.63) is 35.4 Å². The number of rotatable bonds is 7. The van der Waals surface area contributed by atoms with Crippen LogP contribution in [0.1, 0.15) is 18.1 Å². The van der Waals surface area contributed by atoms with Gasteiger partial charge in [-0.3, -0.25) is 0 Å². The Kier molecular flexibility index (Phi) is 6.44. The summed E-state index contributed by atoms with van der Waals surface area (Å²) >= 11 is 1.58. The van der Waals surface area contributed by atoms with Gasteiger partial charge in [-0.15, -0.1) is 0 Å². The minimum absolute atomic E-state index is 0.170. The highest BCUT2D eigenvalue weighted by Gasteiger charge is 2.17. The highest BCUT2D eigenvalue weighted by atomic mass is 32.2. The van der Waals surface area contributed by atoms with Crippen molar-refractivity contribution >= 4 is 33.8 Å². The smallest absolute Gasteiger partial charge is 0.328 e. The second-order valence-corrected chi connectivity index (χ2v) is 7.61. The molecule has 1 unspecified atom stereocenters. The number of thioether (sulfide) groups is 1. The lowest BCUT2D eigenvalue weighted by Crippen LogP contribution is -2.30. The van der Waals surface area contributed by atoms with Crippen molar-refractivity contribution in [3.8, 4) is 0 Å². The Morgan fingerprint density at radius 2 is 2.14 bits per heavy atom. The van der Waals surface area contributed by atoms with Gasteiger partial charge >= 0.3 is 5.97 Å². The SMILES string of the molecule is CSC(C)CNS(=O)(=O)c1cc(/C=C/C(=O)O)ccc1C. The number of hydrogen-bond donors (Lipinski definition) is 2. The summed E-state index contributed by atoms with van der Waals surface area (Å²) in [6, 6.07) is 4.81. The second-order valence-electron chi connectivity index (χ2n) is 4.59. The monoisotopic (exact) mass is 329 g/mol. The third kappa shape index (κ3) is 5.53. The molecule has 0 spiro atoms. The van der Waals surface area contributed by atoms with Crippen LogP contribution in [-0.2, 0) is 14.8 Å². The topological polar surface area (TPSA) is 83.5 Å². The summed E-state index contributed by atoms with van der Waals surface area (Å²) in [6.07, 6.45) is 4.26. The molecule has 0 saturated heterocycles. The summed E-state index contributed by atoms with van der Waals surface area (Å²) in [5.41, 5.74) is 1.15. The minimum atomic E-state index is -3.60. The number of benzene rings is 1. The van der Waals surface area contributed by atoms with E-state index in [9.17, 15) is 13.2 Å². The van der Waals surface area contributed by atoms with Crippen molar-refractivity contribution < 1.29 is 18.3 Å². The molecule has 0 radical (unpaired) electrons. The Balaban J connectivity index is 3.05. The summed E-state index contributed by atoms with van der Waals surface area (Å²) in [7, 11) is -3.60. The Morgan fingerprint density at radius 3 is 2.71 bits per heavy atom. The van der Waals surface area contributed by atoms with Gasteiger partial charge in [-0.2, -0.15) is 11.8 Å². The highest BCUT2D eigenvalue weighted by molar-refractivity contribution is 7.99. The van der Waals surface area contributed by atoms with Crippen molar-refractivity contribution in [2.24, 2.45) is 0 Å². The maximum atomic E-state index is 12.3. The van der Waals surface area contributed by atoms with Crippen LogP contribution in [0.5, 0.6) is 0 Å². The van der Waals surface area contributed by atoms with E-state index < -0.39 is 16.0 Å². The fourth-order valence-electron chi connectivity index (χ4n) is 1.57. The molecule has 1 aromatic rings. The summed E-state index contributed by atoms with van der Waals surface area (Å²) in [5.74, 6) is -1.08. The lowest BCUT2D eigenvalue weighted by atomic mass is 10.1. The molecule has 116 valence electrons. The molecule has 0 aliphatic carbocycles. The predicted octanol–water partition coefficient (Wildman–Crippen LogP) is 2.12. The van der Waals surface area contributed by atoms with Crippen LogP contribution < -0.4 is 4.72 Å². The first kappa shape index (κ1) is 17.7. The van der Waals surface area contributed by atoms with Crippen LogP contribution in [0.3, 0.4) is 0 Å². The maximum Gasteiger partial charge on any atom is 0.328 e. The molecule has 2 N–H and O–H groups in total. The first-order chi connectivity index (χ1) is 9.76. The fourth-order valence-corrected chi connectivity index (χ4v) is 3.33. The van der Waals surface area contributed by atoms with Crippen molar-refractivity contribution in [1.82, 2.24) is 4.72 Å². The minimum Gasteiger partial charge on any atom is -0.478 e. The molecule has 1 rings (SSSR count). The lowest BCUT2D eigenvalue weighted by molar-refractivity contribution is -0.131. The third-order valence-electron chi connectivity index (χ3n) is 2.88. The van der Waals surface area contributed by atoms with Gasteiger partial charge < -0.3 is 5.11 Å². The molecule has 1 aromatic carbocycles. The number of aryl methyl sites for hydroxylation is 1. The number of sulfonamides is 1. The van der Waals surface area contributed by atoms with Gasteiger partial charge in [-0.25, -0.2) is 17.9 Å². The number of carboxylic acid groups (broad SMARTS) is 1. The molecule has 21 heavy (non-hydrogen) atoms. The second kappa shape index (κ2) is 7.63. The van der Waals surface area contributed by atoms with Crippen molar-refractivity contribution in [1.29, 1.82) is 0 Å². The molecule has 0 heterocycles. The summed E-state index contributed by atoms with van der Waals surface area (Å²) in [5, 5.41) is 8.79. The van der Waals surface area contributed by atoms with Crippen molar-refractivity contribution in [3.63, 3.8) is 0 Å². The molecule has 0 amide bonds. The van der Waals surface area contributed by atoms with Crippen molar-refractivity contribution in [2.75, 3.05) is 12.8 Å². The first-order valence-electron chi connectivity index (χ1n) is 6.30. The number of hydrogen-bond acceptors (Lipinski definition) is 4. The lowest BCUT2D eigenvalue weighted by Gasteiger charge is -2.12. The normalized spacial score (nSPS) is 13.5. The van der Waals surface area contributed by atoms with Crippen LogP contribution >= 0.6 is 11.8 Å². The van der Waals surface area contributed by atoms with Gasteiger partial charge in [0.05, 0.1) is 4.90 Å². The first-order valence-corrected chi connectivity index (χ1v) is 9.07. The number of carbonyl (C=O) groups is 1. The van der Waals surface area contributed by atoms with E-state index in [0.29, 0.717) is 17.7 Å². The average Bonchev–Trinajstić information content (AvgIpc) is 2.43. The van der Waals surface area contributed by atoms with E-state index >= 15 is 0 Å². The van der Waals surface area contributed by atoms with Crippen LogP contribution in [0.4, 0.5) is 0 Å². The highest BCUT2D eigenvalue weighted by Crippen LogP contribution is 2.18. The number of carboxylic acids is 1. The summed E-state index contributed by atoms with van der Waals surface area (Å²) in [6.45, 7) is 3.99. The van der Waals surface area contributed by atoms with Gasteiger partial charge in [0.2, 0.25) is 10.0 Å². The molecule has 1 atom stereocenters. The van der Waals surface area contributed by atoms with Gasteiger partial charge in [0, 0.05) is 17.9 Å². The van der Waals surface area contributed by atoms with Gasteiger partial charge in [-0.1, -0.05) is 19.1 Å². The maximum absolute atomic E-state index is 12.3. The zero-order chi connectivity index (χ0) is 16.0. The molecule has 0 aromatic heterocycles. The molecule has 0 fully saturated rings. The van der Waals surface area contributed by atoms with Crippen LogP contribution in [0.2, 0.25) is 0 Å². The molecule has 0 aliphatic heterocycles. The van der Waals surface area contributed by atoms with Crippen LogP contribution in [0, 0.1) is 6.92 Å². The van der Waals surface area contributed by atoms with Gasteiger partial charge in [0.1, 0.15) is 0 Å². The molecule has 0 bridgehead atoms. The Bertz CT molecular complexity index is 638. The Morgan fingerprint density at radius 1 is 1.48 bits per heavy atom. The third-order valence-corrected chi connectivity index (χ3v) is 5.42. The predicted molar refractivity (Wildman–Crippen MR) is 86.0 cm³/mol. The van der Waals surface area contributed by atoms with E-state index in [0.717, 1.165) is 6.08 Å². The summed E-state index contributed by atoms with van der Waals surface area (Å²) in [4.78, 5) is 10.7. The molecular formula is C14H19NO4S2. The van der Waals surface area contributed by atoms with Gasteiger partial charge in [0.15, 0.2) is 0 Å². The molecular weight excluding hydrogens is 310 g/mol. The Labute approximate surface area is 129 Å². The largest absolute Gasteiger partial charge is 0.478 e. The van der Waals surface area contributed by atoms with Crippen LogP contribution in [0.15, 0.2) is 29.2 Å². The van der Waals surface area contributed by atoms with E-state index in [1.807, 2.05) is 13.2 Å². The Hall–Kier alpha value is -1.31. The standard InChI is InChI=1S/C14H19NO4S2/c1-10-4-5-12(6-7-14(16)17)8-13(10)21(18,19)15-9-11(2)20-3/h4-8,11,15H,9H2,1-3H3,(H,16,17)/b7-6+. The van der Waals surface area contributed by atoms with Crippen LogP contribution in [-0.4, -0.2) is 37.5 Å². The van der Waals surface area contributed by atoms with E-state index in [2.05, 4.69) is 4.72 Å². The van der Waals surface area contributed by atoms with Gasteiger partial charge in [0.25, 0.3) is 0 Å². The molecule has 0 aliphatic rings. The quantitative estimate of drug-likeness (QED) is 0.749. The van der Waals surface area contributed by atoms with E-state index in [1.165, 1.54) is 12.1 Å². The average molecular weight is 329 g/mol. The van der Waals surface area contributed by atoms with Gasteiger partial charge in [-0.05, 0) is 36.4 Å². The van der Waals surface area contributed by atoms with Crippen molar-refractivity contribution in [2.45, 2.75) is 24.0 Å².